The zero-order valence-electron chi connectivity index (χ0n) is 17.2. The van der Waals surface area contributed by atoms with Gasteiger partial charge in [0.05, 0.1) is 7.11 Å². The third-order valence-electron chi connectivity index (χ3n) is 5.30. The number of hydrogen-bond donors (Lipinski definition) is 0. The quantitative estimate of drug-likeness (QED) is 0.331. The average molecular weight is 404 g/mol. The molecule has 0 saturated heterocycles. The van der Waals surface area contributed by atoms with E-state index in [9.17, 15) is 0 Å². The second-order valence-electron chi connectivity index (χ2n) is 7.94. The summed E-state index contributed by atoms with van der Waals surface area (Å²) in [6.07, 6.45) is 3.33. The molecule has 4 rings (SSSR count). The molecule has 0 amide bonds. The van der Waals surface area contributed by atoms with Crippen molar-refractivity contribution in [3.63, 3.8) is 0 Å². The van der Waals surface area contributed by atoms with Crippen LogP contribution < -0.4 is 4.74 Å². The molecule has 0 spiro atoms. The van der Waals surface area contributed by atoms with Gasteiger partial charge in [0.1, 0.15) is 5.75 Å². The number of nitrogens with zero attached hydrogens (tertiary/aromatic N) is 1. The van der Waals surface area contributed by atoms with E-state index in [0.29, 0.717) is 5.92 Å². The second kappa shape index (κ2) is 8.34. The number of halogens is 1. The number of rotatable bonds is 6. The lowest BCUT2D eigenvalue weighted by molar-refractivity contribution is 0.415. The molecule has 0 aliphatic rings. The number of fused-ring (bicyclic) bond motifs is 1. The Morgan fingerprint density at radius 3 is 2.41 bits per heavy atom. The number of methoxy groups -OCH3 is 1. The Labute approximate surface area is 177 Å². The standard InChI is InChI=1S/C26H26ClNO/c1-18(2)14-19-8-10-20(11-9-19)24-17-28(16-21-6-4-5-7-25(21)27)26-13-12-22(29-3)15-23(24)26/h4-13,15,17-18H,14,16H2,1-3H3. The summed E-state index contributed by atoms with van der Waals surface area (Å²) in [5.41, 5.74) is 6.09. The van der Waals surface area contributed by atoms with E-state index in [-0.39, 0.29) is 0 Å². The van der Waals surface area contributed by atoms with E-state index in [1.165, 1.54) is 27.6 Å². The van der Waals surface area contributed by atoms with Crippen molar-refractivity contribution in [3.05, 3.63) is 89.1 Å². The average Bonchev–Trinajstić information content (AvgIpc) is 3.07. The molecule has 0 N–H and O–H groups in total. The van der Waals surface area contributed by atoms with Gasteiger partial charge in [0.25, 0.3) is 0 Å². The van der Waals surface area contributed by atoms with Crippen molar-refractivity contribution < 1.29 is 4.74 Å². The SMILES string of the molecule is COc1ccc2c(c1)c(-c1ccc(CC(C)C)cc1)cn2Cc1ccccc1Cl. The number of hydrogen-bond acceptors (Lipinski definition) is 1. The Morgan fingerprint density at radius 2 is 1.72 bits per heavy atom. The Kier molecular flexibility index (Phi) is 5.64. The Balaban J connectivity index is 1.79. The number of benzene rings is 3. The minimum atomic E-state index is 0.655. The molecular weight excluding hydrogens is 378 g/mol. The molecule has 29 heavy (non-hydrogen) atoms. The predicted molar refractivity (Wildman–Crippen MR) is 123 cm³/mol. The van der Waals surface area contributed by atoms with Crippen LogP contribution in [0.3, 0.4) is 0 Å². The molecule has 0 aliphatic carbocycles. The number of ether oxygens (including phenoxy) is 1. The summed E-state index contributed by atoms with van der Waals surface area (Å²) < 4.78 is 7.76. The van der Waals surface area contributed by atoms with E-state index in [0.717, 1.165) is 29.3 Å². The predicted octanol–water partition coefficient (Wildman–Crippen LogP) is 7.22. The topological polar surface area (TPSA) is 14.2 Å². The van der Waals surface area contributed by atoms with Gasteiger partial charge in [-0.05, 0) is 53.3 Å². The summed E-state index contributed by atoms with van der Waals surface area (Å²) in [6, 6.07) is 23.2. The summed E-state index contributed by atoms with van der Waals surface area (Å²) in [5, 5.41) is 1.98. The van der Waals surface area contributed by atoms with Crippen molar-refractivity contribution in [2.24, 2.45) is 5.92 Å². The maximum absolute atomic E-state index is 6.42. The molecule has 0 atom stereocenters. The fourth-order valence-electron chi connectivity index (χ4n) is 3.87. The molecule has 1 heterocycles. The smallest absolute Gasteiger partial charge is 0.119 e. The first-order valence-corrected chi connectivity index (χ1v) is 10.4. The minimum absolute atomic E-state index is 0.655. The van der Waals surface area contributed by atoms with Crippen molar-refractivity contribution in [2.45, 2.75) is 26.8 Å². The van der Waals surface area contributed by atoms with Gasteiger partial charge in [-0.15, -0.1) is 0 Å². The summed E-state index contributed by atoms with van der Waals surface area (Å²) in [6.45, 7) is 5.24. The highest BCUT2D eigenvalue weighted by Gasteiger charge is 2.13. The Bertz CT molecular complexity index is 1130. The molecule has 4 aromatic rings. The molecule has 1 aromatic heterocycles. The lowest BCUT2D eigenvalue weighted by atomic mass is 9.99. The highest BCUT2D eigenvalue weighted by Crippen LogP contribution is 2.34. The first-order valence-electron chi connectivity index (χ1n) is 10.0. The Morgan fingerprint density at radius 1 is 0.966 bits per heavy atom. The maximum atomic E-state index is 6.42. The third-order valence-corrected chi connectivity index (χ3v) is 5.66. The van der Waals surface area contributed by atoms with Crippen molar-refractivity contribution in [3.8, 4) is 16.9 Å². The zero-order chi connectivity index (χ0) is 20.4. The molecule has 148 valence electrons. The summed E-state index contributed by atoms with van der Waals surface area (Å²) in [5.74, 6) is 1.52. The summed E-state index contributed by atoms with van der Waals surface area (Å²) in [4.78, 5) is 0. The van der Waals surface area contributed by atoms with E-state index in [2.05, 4.69) is 67.1 Å². The van der Waals surface area contributed by atoms with Crippen LogP contribution in [0.2, 0.25) is 5.02 Å². The molecule has 3 aromatic carbocycles. The molecule has 0 aliphatic heterocycles. The van der Waals surface area contributed by atoms with Crippen LogP contribution in [0.15, 0.2) is 72.9 Å². The Hall–Kier alpha value is -2.71. The lowest BCUT2D eigenvalue weighted by Gasteiger charge is -2.08. The highest BCUT2D eigenvalue weighted by atomic mass is 35.5. The van der Waals surface area contributed by atoms with Gasteiger partial charge in [0.15, 0.2) is 0 Å². The van der Waals surface area contributed by atoms with Crippen molar-refractivity contribution in [1.82, 2.24) is 4.57 Å². The van der Waals surface area contributed by atoms with Gasteiger partial charge in [-0.25, -0.2) is 0 Å². The van der Waals surface area contributed by atoms with Crippen molar-refractivity contribution >= 4 is 22.5 Å². The van der Waals surface area contributed by atoms with Crippen LogP contribution in [0.1, 0.15) is 25.0 Å². The van der Waals surface area contributed by atoms with Gasteiger partial charge in [-0.1, -0.05) is 67.9 Å². The van der Waals surface area contributed by atoms with Crippen LogP contribution >= 0.6 is 11.6 Å². The van der Waals surface area contributed by atoms with Crippen LogP contribution in [0.4, 0.5) is 0 Å². The zero-order valence-corrected chi connectivity index (χ0v) is 17.9. The van der Waals surface area contributed by atoms with Gasteiger partial charge in [-0.2, -0.15) is 0 Å². The van der Waals surface area contributed by atoms with E-state index < -0.39 is 0 Å². The van der Waals surface area contributed by atoms with Crippen LogP contribution in [0, 0.1) is 5.92 Å². The molecule has 0 bridgehead atoms. The minimum Gasteiger partial charge on any atom is -0.497 e. The first-order chi connectivity index (χ1) is 14.0. The molecular formula is C26H26ClNO. The van der Waals surface area contributed by atoms with E-state index >= 15 is 0 Å². The van der Waals surface area contributed by atoms with Gasteiger partial charge < -0.3 is 9.30 Å². The molecule has 0 fully saturated rings. The fraction of sp³-hybridized carbons (Fsp3) is 0.231. The van der Waals surface area contributed by atoms with E-state index in [1.54, 1.807) is 7.11 Å². The van der Waals surface area contributed by atoms with Crippen molar-refractivity contribution in [2.75, 3.05) is 7.11 Å². The molecule has 0 unspecified atom stereocenters. The maximum Gasteiger partial charge on any atom is 0.119 e. The normalized spacial score (nSPS) is 11.3. The molecule has 0 saturated carbocycles. The summed E-state index contributed by atoms with van der Waals surface area (Å²) >= 11 is 6.42. The van der Waals surface area contributed by atoms with Crippen molar-refractivity contribution in [1.29, 1.82) is 0 Å². The van der Waals surface area contributed by atoms with Gasteiger partial charge in [-0.3, -0.25) is 0 Å². The summed E-state index contributed by atoms with van der Waals surface area (Å²) in [7, 11) is 1.71. The largest absolute Gasteiger partial charge is 0.497 e. The van der Waals surface area contributed by atoms with E-state index in [1.807, 2.05) is 24.3 Å². The van der Waals surface area contributed by atoms with Gasteiger partial charge >= 0.3 is 0 Å². The molecule has 0 radical (unpaired) electrons. The van der Waals surface area contributed by atoms with Crippen LogP contribution in [-0.4, -0.2) is 11.7 Å². The van der Waals surface area contributed by atoms with Crippen LogP contribution in [0.25, 0.3) is 22.0 Å². The molecule has 2 nitrogen and oxygen atoms in total. The van der Waals surface area contributed by atoms with E-state index in [4.69, 9.17) is 16.3 Å². The van der Waals surface area contributed by atoms with Gasteiger partial charge in [0.2, 0.25) is 0 Å². The first kappa shape index (κ1) is 19.6. The molecule has 3 heteroatoms. The van der Waals surface area contributed by atoms with Crippen LogP contribution in [-0.2, 0) is 13.0 Å². The number of aromatic nitrogens is 1. The lowest BCUT2D eigenvalue weighted by Crippen LogP contribution is -1.98. The third kappa shape index (κ3) is 4.18. The second-order valence-corrected chi connectivity index (χ2v) is 8.35. The highest BCUT2D eigenvalue weighted by molar-refractivity contribution is 6.31. The van der Waals surface area contributed by atoms with Crippen LogP contribution in [0.5, 0.6) is 5.75 Å². The monoisotopic (exact) mass is 403 g/mol. The van der Waals surface area contributed by atoms with Gasteiger partial charge in [0, 0.05) is 34.2 Å². The fourth-order valence-corrected chi connectivity index (χ4v) is 4.06.